The third kappa shape index (κ3) is 4.40. The summed E-state index contributed by atoms with van der Waals surface area (Å²) in [5.41, 5.74) is 2.14. The summed E-state index contributed by atoms with van der Waals surface area (Å²) in [7, 11) is 3.48. The molecule has 2 aliphatic heterocycles. The molecule has 0 aromatic carbocycles. The van der Waals surface area contributed by atoms with Crippen molar-refractivity contribution in [3.8, 4) is 0 Å². The Balaban J connectivity index is 1.62. The minimum atomic E-state index is -0.0221. The first-order valence-electron chi connectivity index (χ1n) is 10.5. The van der Waals surface area contributed by atoms with Crippen LogP contribution < -0.4 is 0 Å². The van der Waals surface area contributed by atoms with Gasteiger partial charge in [-0.05, 0) is 52.5 Å². The summed E-state index contributed by atoms with van der Waals surface area (Å²) in [6, 6.07) is 0. The quantitative estimate of drug-likeness (QED) is 0.773. The molecular weight excluding hydrogens is 356 g/mol. The van der Waals surface area contributed by atoms with Crippen LogP contribution in [0.2, 0.25) is 0 Å². The molecule has 0 N–H and O–H groups in total. The van der Waals surface area contributed by atoms with Crippen molar-refractivity contribution < 1.29 is 14.1 Å². The lowest BCUT2D eigenvalue weighted by Gasteiger charge is -2.38. The zero-order valence-electron chi connectivity index (χ0n) is 17.8. The Labute approximate surface area is 168 Å². The molecule has 7 nitrogen and oxygen atoms in total. The van der Waals surface area contributed by atoms with Crippen LogP contribution in [0.15, 0.2) is 4.52 Å². The molecule has 2 aliphatic rings. The lowest BCUT2D eigenvalue weighted by molar-refractivity contribution is -0.139. The Morgan fingerprint density at radius 1 is 1.07 bits per heavy atom. The standard InChI is InChI=1S/C21H34N4O3/c1-16-18(17(2)28-22-16)15-24-12-5-9-21(11-14-24)10-6-13-25(21)20(27)8-7-19(26)23(3)4/h5-15H2,1-4H3/t21-/m0/s1. The molecule has 0 bridgehead atoms. The molecular formula is C21H34N4O3. The molecule has 3 heterocycles. The summed E-state index contributed by atoms with van der Waals surface area (Å²) in [6.45, 7) is 7.68. The van der Waals surface area contributed by atoms with E-state index in [1.807, 2.05) is 13.8 Å². The van der Waals surface area contributed by atoms with E-state index in [1.54, 1.807) is 19.0 Å². The fourth-order valence-electron chi connectivity index (χ4n) is 4.76. The maximum absolute atomic E-state index is 12.9. The van der Waals surface area contributed by atoms with Gasteiger partial charge in [0.15, 0.2) is 0 Å². The second-order valence-electron chi connectivity index (χ2n) is 8.59. The van der Waals surface area contributed by atoms with Gasteiger partial charge >= 0.3 is 0 Å². The van der Waals surface area contributed by atoms with Crippen LogP contribution in [0.3, 0.4) is 0 Å². The Hall–Kier alpha value is -1.89. The van der Waals surface area contributed by atoms with Crippen molar-refractivity contribution in [1.29, 1.82) is 0 Å². The lowest BCUT2D eigenvalue weighted by atomic mass is 9.87. The summed E-state index contributed by atoms with van der Waals surface area (Å²) >= 11 is 0. The van der Waals surface area contributed by atoms with E-state index >= 15 is 0 Å². The van der Waals surface area contributed by atoms with Gasteiger partial charge in [-0.2, -0.15) is 0 Å². The maximum atomic E-state index is 12.9. The van der Waals surface area contributed by atoms with Crippen LogP contribution in [0, 0.1) is 13.8 Å². The molecule has 1 aromatic rings. The van der Waals surface area contributed by atoms with Gasteiger partial charge in [0, 0.05) is 57.7 Å². The molecule has 0 aliphatic carbocycles. The number of carbonyl (C=O) groups is 2. The number of aromatic nitrogens is 1. The highest BCUT2D eigenvalue weighted by molar-refractivity contribution is 5.84. The SMILES string of the molecule is Cc1noc(C)c1CN1CCC[C@]2(CCCN2C(=O)CCC(=O)N(C)C)CC1. The monoisotopic (exact) mass is 390 g/mol. The molecule has 1 atom stereocenters. The van der Waals surface area contributed by atoms with Crippen LogP contribution in [0.1, 0.15) is 62.0 Å². The second-order valence-corrected chi connectivity index (χ2v) is 8.59. The van der Waals surface area contributed by atoms with E-state index < -0.39 is 0 Å². The fourth-order valence-corrected chi connectivity index (χ4v) is 4.76. The van der Waals surface area contributed by atoms with Gasteiger partial charge in [-0.3, -0.25) is 14.5 Å². The smallest absolute Gasteiger partial charge is 0.223 e. The number of hydrogen-bond acceptors (Lipinski definition) is 5. The Bertz CT molecular complexity index is 695. The molecule has 0 radical (unpaired) electrons. The average molecular weight is 391 g/mol. The predicted molar refractivity (Wildman–Crippen MR) is 107 cm³/mol. The van der Waals surface area contributed by atoms with E-state index in [1.165, 1.54) is 5.56 Å². The highest BCUT2D eigenvalue weighted by Crippen LogP contribution is 2.39. The van der Waals surface area contributed by atoms with Crippen molar-refractivity contribution in [3.63, 3.8) is 0 Å². The van der Waals surface area contributed by atoms with Gasteiger partial charge in [-0.25, -0.2) is 0 Å². The highest BCUT2D eigenvalue weighted by atomic mass is 16.5. The van der Waals surface area contributed by atoms with Crippen molar-refractivity contribution >= 4 is 11.8 Å². The van der Waals surface area contributed by atoms with E-state index in [2.05, 4.69) is 15.0 Å². The molecule has 156 valence electrons. The summed E-state index contributed by atoms with van der Waals surface area (Å²) in [4.78, 5) is 30.9. The zero-order chi connectivity index (χ0) is 20.3. The van der Waals surface area contributed by atoms with E-state index in [-0.39, 0.29) is 17.4 Å². The van der Waals surface area contributed by atoms with Gasteiger partial charge in [-0.15, -0.1) is 0 Å². The summed E-state index contributed by atoms with van der Waals surface area (Å²) < 4.78 is 5.31. The van der Waals surface area contributed by atoms with Crippen molar-refractivity contribution in [1.82, 2.24) is 19.9 Å². The molecule has 1 spiro atoms. The number of rotatable bonds is 5. The topological polar surface area (TPSA) is 69.9 Å². The Kier molecular flexibility index (Phi) is 6.43. The average Bonchev–Trinajstić information content (AvgIpc) is 3.13. The third-order valence-corrected chi connectivity index (χ3v) is 6.52. The zero-order valence-corrected chi connectivity index (χ0v) is 17.8. The molecule has 0 unspecified atom stereocenters. The van der Waals surface area contributed by atoms with E-state index in [0.29, 0.717) is 12.8 Å². The number of carbonyl (C=O) groups excluding carboxylic acids is 2. The van der Waals surface area contributed by atoms with Crippen LogP contribution in [0.4, 0.5) is 0 Å². The van der Waals surface area contributed by atoms with Gasteiger partial charge in [0.05, 0.1) is 5.69 Å². The first-order valence-corrected chi connectivity index (χ1v) is 10.5. The highest BCUT2D eigenvalue weighted by Gasteiger charge is 2.43. The summed E-state index contributed by atoms with van der Waals surface area (Å²) in [6.07, 6.45) is 5.92. The van der Waals surface area contributed by atoms with Crippen molar-refractivity contribution in [2.75, 3.05) is 33.7 Å². The Morgan fingerprint density at radius 3 is 2.43 bits per heavy atom. The van der Waals surface area contributed by atoms with Crippen LogP contribution >= 0.6 is 0 Å². The third-order valence-electron chi connectivity index (χ3n) is 6.52. The summed E-state index contributed by atoms with van der Waals surface area (Å²) in [5, 5.41) is 4.07. The predicted octanol–water partition coefficient (Wildman–Crippen LogP) is 2.51. The van der Waals surface area contributed by atoms with Gasteiger partial charge in [0.2, 0.25) is 11.8 Å². The van der Waals surface area contributed by atoms with Gasteiger partial charge < -0.3 is 14.3 Å². The summed E-state index contributed by atoms with van der Waals surface area (Å²) in [5.74, 6) is 1.07. The molecule has 2 amide bonds. The molecule has 2 saturated heterocycles. The largest absolute Gasteiger partial charge is 0.361 e. The van der Waals surface area contributed by atoms with Crippen molar-refractivity contribution in [3.05, 3.63) is 17.0 Å². The molecule has 0 saturated carbocycles. The first-order chi connectivity index (χ1) is 13.3. The first kappa shape index (κ1) is 20.8. The van der Waals surface area contributed by atoms with Gasteiger partial charge in [0.25, 0.3) is 0 Å². The molecule has 2 fully saturated rings. The number of hydrogen-bond donors (Lipinski definition) is 0. The van der Waals surface area contributed by atoms with E-state index in [4.69, 9.17) is 4.52 Å². The second kappa shape index (κ2) is 8.64. The van der Waals surface area contributed by atoms with Crippen molar-refractivity contribution in [2.24, 2.45) is 0 Å². The van der Waals surface area contributed by atoms with Crippen LogP contribution in [0.25, 0.3) is 0 Å². The normalized spacial score (nSPS) is 23.2. The molecule has 3 rings (SSSR count). The number of aryl methyl sites for hydroxylation is 2. The number of likely N-dealkylation sites (tertiary alicyclic amines) is 2. The number of nitrogens with zero attached hydrogens (tertiary/aromatic N) is 4. The van der Waals surface area contributed by atoms with E-state index in [9.17, 15) is 9.59 Å². The minimum absolute atomic E-state index is 0.0214. The molecule has 28 heavy (non-hydrogen) atoms. The lowest BCUT2D eigenvalue weighted by Crippen LogP contribution is -2.48. The number of amides is 2. The van der Waals surface area contributed by atoms with Crippen LogP contribution in [0.5, 0.6) is 0 Å². The van der Waals surface area contributed by atoms with Crippen LogP contribution in [-0.4, -0.2) is 70.9 Å². The van der Waals surface area contributed by atoms with Gasteiger partial charge in [-0.1, -0.05) is 5.16 Å². The minimum Gasteiger partial charge on any atom is -0.361 e. The fraction of sp³-hybridized carbons (Fsp3) is 0.762. The van der Waals surface area contributed by atoms with Gasteiger partial charge in [0.1, 0.15) is 5.76 Å². The molecule has 7 heteroatoms. The van der Waals surface area contributed by atoms with Crippen LogP contribution in [-0.2, 0) is 16.1 Å². The van der Waals surface area contributed by atoms with E-state index in [0.717, 1.165) is 69.7 Å². The van der Waals surface area contributed by atoms with Crippen molar-refractivity contribution in [2.45, 2.75) is 70.9 Å². The molecule has 1 aromatic heterocycles. The Morgan fingerprint density at radius 2 is 1.79 bits per heavy atom. The maximum Gasteiger partial charge on any atom is 0.223 e.